The Morgan fingerprint density at radius 1 is 0.357 bits per heavy atom. The van der Waals surface area contributed by atoms with E-state index in [2.05, 4.69) is 196 Å². The lowest BCUT2D eigenvalue weighted by Gasteiger charge is -2.25. The molecular formula is C55H36O. The van der Waals surface area contributed by atoms with E-state index >= 15 is 0 Å². The number of fused-ring (bicyclic) bond motifs is 11. The van der Waals surface area contributed by atoms with Crippen LogP contribution in [0.3, 0.4) is 0 Å². The zero-order valence-electron chi connectivity index (χ0n) is 31.2. The first kappa shape index (κ1) is 31.4. The fourth-order valence-corrected chi connectivity index (χ4v) is 10.0. The Balaban J connectivity index is 1.09. The molecule has 0 atom stereocenters. The normalized spacial score (nSPS) is 13.3. The maximum absolute atomic E-state index is 6.87. The molecule has 0 N–H and O–H groups in total. The summed E-state index contributed by atoms with van der Waals surface area (Å²) >= 11 is 0. The molecule has 1 aliphatic carbocycles. The fraction of sp³-hybridized carbons (Fsp3) is 0.0545. The molecule has 0 spiro atoms. The summed E-state index contributed by atoms with van der Waals surface area (Å²) in [7, 11) is 0. The predicted octanol–water partition coefficient (Wildman–Crippen LogP) is 15.5. The average molecular weight is 713 g/mol. The Morgan fingerprint density at radius 3 is 1.55 bits per heavy atom. The summed E-state index contributed by atoms with van der Waals surface area (Å²) in [5.74, 6) is 0. The van der Waals surface area contributed by atoms with Crippen molar-refractivity contribution in [3.8, 4) is 44.5 Å². The minimum Gasteiger partial charge on any atom is -0.455 e. The summed E-state index contributed by atoms with van der Waals surface area (Å²) in [6.45, 7) is 4.74. The molecule has 0 amide bonds. The molecule has 1 nitrogen and oxygen atoms in total. The van der Waals surface area contributed by atoms with Gasteiger partial charge in [-0.15, -0.1) is 0 Å². The summed E-state index contributed by atoms with van der Waals surface area (Å²) in [6, 6.07) is 67.1. The average Bonchev–Trinajstić information content (AvgIpc) is 3.72. The molecule has 0 aliphatic heterocycles. The third-order valence-electron chi connectivity index (χ3n) is 12.6. The first-order valence-corrected chi connectivity index (χ1v) is 19.6. The topological polar surface area (TPSA) is 13.1 Å². The minimum atomic E-state index is -0.206. The van der Waals surface area contributed by atoms with E-state index in [9.17, 15) is 0 Å². The van der Waals surface area contributed by atoms with E-state index < -0.39 is 0 Å². The number of benzene rings is 10. The van der Waals surface area contributed by atoms with E-state index in [0.29, 0.717) is 0 Å². The molecule has 12 rings (SSSR count). The second-order valence-corrected chi connectivity index (χ2v) is 16.0. The Morgan fingerprint density at radius 2 is 0.875 bits per heavy atom. The van der Waals surface area contributed by atoms with Crippen LogP contribution in [0.1, 0.15) is 25.0 Å². The van der Waals surface area contributed by atoms with Crippen LogP contribution >= 0.6 is 0 Å². The van der Waals surface area contributed by atoms with Crippen molar-refractivity contribution in [2.45, 2.75) is 19.3 Å². The molecular weight excluding hydrogens is 677 g/mol. The van der Waals surface area contributed by atoms with Gasteiger partial charge in [0.2, 0.25) is 0 Å². The van der Waals surface area contributed by atoms with Gasteiger partial charge in [-0.25, -0.2) is 0 Å². The molecule has 0 saturated carbocycles. The van der Waals surface area contributed by atoms with E-state index in [-0.39, 0.29) is 5.41 Å². The third-order valence-corrected chi connectivity index (χ3v) is 12.6. The van der Waals surface area contributed by atoms with Crippen molar-refractivity contribution < 1.29 is 4.42 Å². The van der Waals surface area contributed by atoms with Gasteiger partial charge < -0.3 is 4.42 Å². The lowest BCUT2D eigenvalue weighted by molar-refractivity contribution is 0.654. The van der Waals surface area contributed by atoms with Gasteiger partial charge in [0.05, 0.1) is 0 Å². The molecule has 0 bridgehead atoms. The summed E-state index contributed by atoms with van der Waals surface area (Å²) in [5, 5.41) is 12.3. The molecule has 1 heterocycles. The molecule has 1 aliphatic rings. The first-order chi connectivity index (χ1) is 27.5. The highest BCUT2D eigenvalue weighted by Crippen LogP contribution is 2.56. The lowest BCUT2D eigenvalue weighted by Crippen LogP contribution is -2.16. The van der Waals surface area contributed by atoms with E-state index in [4.69, 9.17) is 4.42 Å². The van der Waals surface area contributed by atoms with Crippen LogP contribution < -0.4 is 0 Å². The molecule has 56 heavy (non-hydrogen) atoms. The predicted molar refractivity (Wildman–Crippen MR) is 238 cm³/mol. The quantitative estimate of drug-likeness (QED) is 0.166. The molecule has 11 aromatic rings. The number of rotatable bonds is 3. The standard InChI is InChI=1S/C55H36O/c1-55(2)48-22-12-11-21-44(48)52-53(55)45(32-47-46-30-37-15-5-6-16-38(37)31-49(46)56-54(47)52)34-24-26-35(27-25-34)50-40-17-7-9-19-42(40)51(43-20-10-8-18-41(43)50)39-28-23-33-13-3-4-14-36(33)29-39/h3-32H,1-2H3. The third kappa shape index (κ3) is 4.37. The molecule has 0 unspecified atom stereocenters. The largest absolute Gasteiger partial charge is 0.455 e. The van der Waals surface area contributed by atoms with Gasteiger partial charge in [0.15, 0.2) is 0 Å². The first-order valence-electron chi connectivity index (χ1n) is 19.6. The Bertz CT molecular complexity index is 3370. The van der Waals surface area contributed by atoms with Crippen LogP contribution in [-0.2, 0) is 5.41 Å². The summed E-state index contributed by atoms with van der Waals surface area (Å²) in [4.78, 5) is 0. The van der Waals surface area contributed by atoms with Crippen molar-refractivity contribution in [2.24, 2.45) is 0 Å². The zero-order valence-corrected chi connectivity index (χ0v) is 31.2. The Labute approximate surface area is 325 Å². The van der Waals surface area contributed by atoms with Crippen LogP contribution in [0.15, 0.2) is 186 Å². The fourth-order valence-electron chi connectivity index (χ4n) is 10.0. The Kier molecular flexibility index (Phi) is 6.46. The summed E-state index contributed by atoms with van der Waals surface area (Å²) in [5.41, 5.74) is 14.4. The van der Waals surface area contributed by atoms with E-state index in [0.717, 1.165) is 21.9 Å². The Hall–Kier alpha value is -6.96. The second-order valence-electron chi connectivity index (χ2n) is 16.0. The second kappa shape index (κ2) is 11.5. The highest BCUT2D eigenvalue weighted by Gasteiger charge is 2.40. The van der Waals surface area contributed by atoms with Crippen LogP contribution in [0, 0.1) is 0 Å². The van der Waals surface area contributed by atoms with Crippen LogP contribution in [-0.4, -0.2) is 0 Å². The summed E-state index contributed by atoms with van der Waals surface area (Å²) < 4.78 is 6.87. The highest BCUT2D eigenvalue weighted by atomic mass is 16.3. The number of furan rings is 1. The van der Waals surface area contributed by atoms with Crippen LogP contribution in [0.5, 0.6) is 0 Å². The number of hydrogen-bond acceptors (Lipinski definition) is 1. The maximum atomic E-state index is 6.87. The molecule has 0 saturated heterocycles. The van der Waals surface area contributed by atoms with Gasteiger partial charge in [-0.1, -0.05) is 172 Å². The van der Waals surface area contributed by atoms with Crippen LogP contribution in [0.2, 0.25) is 0 Å². The van der Waals surface area contributed by atoms with Gasteiger partial charge in [-0.05, 0) is 117 Å². The lowest BCUT2D eigenvalue weighted by atomic mass is 9.78. The molecule has 262 valence electrons. The van der Waals surface area contributed by atoms with Gasteiger partial charge >= 0.3 is 0 Å². The number of hydrogen-bond donors (Lipinski definition) is 0. The van der Waals surface area contributed by atoms with Crippen LogP contribution in [0.4, 0.5) is 0 Å². The molecule has 10 aromatic carbocycles. The molecule has 0 fully saturated rings. The van der Waals surface area contributed by atoms with Gasteiger partial charge in [-0.3, -0.25) is 0 Å². The van der Waals surface area contributed by atoms with Crippen molar-refractivity contribution in [2.75, 3.05) is 0 Å². The van der Waals surface area contributed by atoms with Crippen molar-refractivity contribution in [3.05, 3.63) is 193 Å². The van der Waals surface area contributed by atoms with Crippen molar-refractivity contribution >= 4 is 65.0 Å². The van der Waals surface area contributed by atoms with Crippen molar-refractivity contribution in [3.63, 3.8) is 0 Å². The maximum Gasteiger partial charge on any atom is 0.143 e. The summed E-state index contributed by atoms with van der Waals surface area (Å²) in [6.07, 6.45) is 0. The zero-order chi connectivity index (χ0) is 37.1. The van der Waals surface area contributed by atoms with Crippen LogP contribution in [0.25, 0.3) is 110 Å². The van der Waals surface area contributed by atoms with Gasteiger partial charge in [0.25, 0.3) is 0 Å². The molecule has 1 aromatic heterocycles. The van der Waals surface area contributed by atoms with Gasteiger partial charge in [0, 0.05) is 21.8 Å². The SMILES string of the molecule is CC1(C)c2ccccc2-c2c1c(-c1ccc(-c3c4ccccc4c(-c4ccc5ccccc5c4)c4ccccc34)cc1)cc1c2oc2cc3ccccc3cc21. The van der Waals surface area contributed by atoms with E-state index in [1.165, 1.54) is 98.7 Å². The van der Waals surface area contributed by atoms with Crippen molar-refractivity contribution in [1.82, 2.24) is 0 Å². The molecule has 1 heteroatoms. The highest BCUT2D eigenvalue weighted by molar-refractivity contribution is 6.22. The van der Waals surface area contributed by atoms with Gasteiger partial charge in [-0.2, -0.15) is 0 Å². The smallest absolute Gasteiger partial charge is 0.143 e. The monoisotopic (exact) mass is 712 g/mol. The van der Waals surface area contributed by atoms with E-state index in [1.807, 2.05) is 0 Å². The van der Waals surface area contributed by atoms with Gasteiger partial charge in [0.1, 0.15) is 11.2 Å². The van der Waals surface area contributed by atoms with Crippen molar-refractivity contribution in [1.29, 1.82) is 0 Å². The molecule has 0 radical (unpaired) electrons. The van der Waals surface area contributed by atoms with E-state index in [1.54, 1.807) is 0 Å². The minimum absolute atomic E-state index is 0.206.